The zero-order chi connectivity index (χ0) is 20.1. The largest absolute Gasteiger partial charge is 0.300 e. The van der Waals surface area contributed by atoms with E-state index in [0.717, 1.165) is 4.34 Å². The summed E-state index contributed by atoms with van der Waals surface area (Å²) in [5, 5.41) is 11.6. The molecule has 0 aliphatic carbocycles. The summed E-state index contributed by atoms with van der Waals surface area (Å²) in [6, 6.07) is 6.04. The molecule has 11 heteroatoms. The smallest absolute Gasteiger partial charge is 0.243 e. The van der Waals surface area contributed by atoms with Crippen molar-refractivity contribution in [1.29, 1.82) is 0 Å². The van der Waals surface area contributed by atoms with E-state index in [9.17, 15) is 13.2 Å². The zero-order valence-corrected chi connectivity index (χ0v) is 18.1. The minimum absolute atomic E-state index is 0.133. The normalized spacial score (nSPS) is 18.0. The van der Waals surface area contributed by atoms with Crippen LogP contribution in [0.4, 0.5) is 5.13 Å². The van der Waals surface area contributed by atoms with Crippen molar-refractivity contribution in [1.82, 2.24) is 14.5 Å². The molecule has 1 atom stereocenters. The van der Waals surface area contributed by atoms with Crippen LogP contribution in [-0.4, -0.2) is 47.7 Å². The summed E-state index contributed by atoms with van der Waals surface area (Å²) in [7, 11) is -3.67. The molecule has 7 nitrogen and oxygen atoms in total. The number of aromatic nitrogens is 2. The number of benzene rings is 1. The van der Waals surface area contributed by atoms with E-state index < -0.39 is 15.9 Å². The molecule has 150 valence electrons. The number of anilines is 1. The van der Waals surface area contributed by atoms with Crippen LogP contribution in [-0.2, 0) is 14.8 Å². The Morgan fingerprint density at radius 2 is 2.14 bits per heavy atom. The van der Waals surface area contributed by atoms with Crippen LogP contribution < -0.4 is 5.32 Å². The van der Waals surface area contributed by atoms with E-state index >= 15 is 0 Å². The molecule has 0 radical (unpaired) electrons. The van der Waals surface area contributed by atoms with E-state index in [1.807, 2.05) is 0 Å². The molecule has 2 aromatic rings. The summed E-state index contributed by atoms with van der Waals surface area (Å²) in [4.78, 5) is 12.8. The van der Waals surface area contributed by atoms with Gasteiger partial charge in [0.25, 0.3) is 0 Å². The highest BCUT2D eigenvalue weighted by molar-refractivity contribution is 8.01. The van der Waals surface area contributed by atoms with Crippen molar-refractivity contribution in [3.05, 3.63) is 41.9 Å². The van der Waals surface area contributed by atoms with Crippen molar-refractivity contribution in [3.8, 4) is 0 Å². The van der Waals surface area contributed by atoms with Gasteiger partial charge in [0.1, 0.15) is 0 Å². The number of nitrogens with zero attached hydrogens (tertiary/aromatic N) is 3. The second-order valence-corrected chi connectivity index (χ2v) is 10.7. The number of piperidine rings is 1. The Labute approximate surface area is 177 Å². The maximum atomic E-state index is 12.8. The Morgan fingerprint density at radius 3 is 2.86 bits per heavy atom. The zero-order valence-electron chi connectivity index (χ0n) is 14.9. The van der Waals surface area contributed by atoms with Gasteiger partial charge < -0.3 is 5.32 Å². The van der Waals surface area contributed by atoms with Gasteiger partial charge in [-0.25, -0.2) is 8.42 Å². The highest BCUT2D eigenvalue weighted by Gasteiger charge is 2.33. The molecule has 1 saturated heterocycles. The highest BCUT2D eigenvalue weighted by atomic mass is 35.5. The number of nitrogens with one attached hydrogen (secondary N) is 1. The average molecular weight is 459 g/mol. The van der Waals surface area contributed by atoms with Gasteiger partial charge in [0.15, 0.2) is 4.34 Å². The van der Waals surface area contributed by atoms with Gasteiger partial charge in [0.2, 0.25) is 21.1 Å². The molecule has 1 aromatic heterocycles. The highest BCUT2D eigenvalue weighted by Crippen LogP contribution is 2.28. The Balaban J connectivity index is 1.65. The van der Waals surface area contributed by atoms with Crippen molar-refractivity contribution < 1.29 is 13.2 Å². The lowest BCUT2D eigenvalue weighted by atomic mass is 9.99. The Morgan fingerprint density at radius 1 is 1.39 bits per heavy atom. The van der Waals surface area contributed by atoms with E-state index in [0.29, 0.717) is 35.3 Å². The monoisotopic (exact) mass is 458 g/mol. The third kappa shape index (κ3) is 5.12. The fraction of sp³-hybridized carbons (Fsp3) is 0.353. The second-order valence-electron chi connectivity index (χ2n) is 6.12. The van der Waals surface area contributed by atoms with Crippen LogP contribution in [0.3, 0.4) is 0 Å². The van der Waals surface area contributed by atoms with Gasteiger partial charge in [-0.3, -0.25) is 4.79 Å². The lowest BCUT2D eigenvalue weighted by molar-refractivity contribution is -0.120. The number of carbonyl (C=O) groups is 1. The molecule has 0 unspecified atom stereocenters. The van der Waals surface area contributed by atoms with Crippen LogP contribution in [0, 0.1) is 5.92 Å². The maximum absolute atomic E-state index is 12.8. The van der Waals surface area contributed by atoms with Crippen LogP contribution >= 0.6 is 34.7 Å². The Kier molecular flexibility index (Phi) is 7.10. The number of halogens is 1. The number of sulfonamides is 1. The fourth-order valence-corrected chi connectivity index (χ4v) is 5.95. The molecule has 0 saturated carbocycles. The quantitative estimate of drug-likeness (QED) is 0.387. The molecule has 1 N–H and O–H groups in total. The molecule has 1 aliphatic rings. The van der Waals surface area contributed by atoms with Gasteiger partial charge in [0.05, 0.1) is 10.8 Å². The molecule has 1 aromatic carbocycles. The number of thioether (sulfide) groups is 1. The van der Waals surface area contributed by atoms with Gasteiger partial charge >= 0.3 is 0 Å². The molecule has 3 rings (SSSR count). The minimum Gasteiger partial charge on any atom is -0.300 e. The third-order valence-electron chi connectivity index (χ3n) is 4.17. The van der Waals surface area contributed by atoms with Gasteiger partial charge in [-0.15, -0.1) is 16.8 Å². The van der Waals surface area contributed by atoms with Crippen molar-refractivity contribution in [3.63, 3.8) is 0 Å². The molecular formula is C17H19ClN4O3S3. The molecule has 1 fully saturated rings. The van der Waals surface area contributed by atoms with Crippen LogP contribution in [0.2, 0.25) is 5.02 Å². The molecule has 1 aliphatic heterocycles. The van der Waals surface area contributed by atoms with E-state index in [2.05, 4.69) is 22.1 Å². The van der Waals surface area contributed by atoms with Gasteiger partial charge in [-0.1, -0.05) is 40.8 Å². The van der Waals surface area contributed by atoms with Crippen LogP contribution in [0.1, 0.15) is 12.8 Å². The first-order valence-electron chi connectivity index (χ1n) is 8.54. The first-order chi connectivity index (χ1) is 13.4. The number of hydrogen-bond acceptors (Lipinski definition) is 7. The Hall–Kier alpha value is -1.46. The lowest BCUT2D eigenvalue weighted by Gasteiger charge is -2.31. The average Bonchev–Trinajstić information content (AvgIpc) is 3.14. The minimum atomic E-state index is -3.67. The number of rotatable bonds is 7. The van der Waals surface area contributed by atoms with Gasteiger partial charge in [-0.05, 0) is 37.1 Å². The van der Waals surface area contributed by atoms with E-state index in [-0.39, 0.29) is 17.3 Å². The first-order valence-corrected chi connectivity index (χ1v) is 12.2. The lowest BCUT2D eigenvalue weighted by Crippen LogP contribution is -2.43. The van der Waals surface area contributed by atoms with Crippen LogP contribution in [0.15, 0.2) is 46.2 Å². The Bertz CT molecular complexity index is 947. The number of carbonyl (C=O) groups excluding carboxylic acids is 1. The summed E-state index contributed by atoms with van der Waals surface area (Å²) >= 11 is 8.61. The third-order valence-corrected chi connectivity index (χ3v) is 8.27. The molecule has 2 heterocycles. The standard InChI is InChI=1S/C17H19ClN4O3S3/c1-2-10-26-17-21-20-16(27-17)19-15(23)12-4-3-9-22(11-12)28(24,25)14-7-5-13(18)6-8-14/h2,5-8,12H,1,3-4,9-11H2,(H,19,20,23)/t12-/m0/s1. The van der Waals surface area contributed by atoms with Crippen molar-refractivity contribution >= 4 is 55.8 Å². The second kappa shape index (κ2) is 9.36. The molecule has 0 bridgehead atoms. The summed E-state index contributed by atoms with van der Waals surface area (Å²) in [6.07, 6.45) is 3.00. The predicted octanol–water partition coefficient (Wildman–Crippen LogP) is 3.51. The molecule has 1 amide bonds. The summed E-state index contributed by atoms with van der Waals surface area (Å²) in [5.41, 5.74) is 0. The van der Waals surface area contributed by atoms with E-state index in [4.69, 9.17) is 11.6 Å². The topological polar surface area (TPSA) is 92.3 Å². The summed E-state index contributed by atoms with van der Waals surface area (Å²) in [5.74, 6) is 0.0272. The predicted molar refractivity (Wildman–Crippen MR) is 112 cm³/mol. The van der Waals surface area contributed by atoms with Crippen LogP contribution in [0.5, 0.6) is 0 Å². The summed E-state index contributed by atoms with van der Waals surface area (Å²) < 4.78 is 27.8. The fourth-order valence-electron chi connectivity index (χ4n) is 2.79. The molecule has 0 spiro atoms. The first kappa shape index (κ1) is 21.3. The molecular weight excluding hydrogens is 440 g/mol. The number of hydrogen-bond donors (Lipinski definition) is 1. The van der Waals surface area contributed by atoms with Crippen LogP contribution in [0.25, 0.3) is 0 Å². The maximum Gasteiger partial charge on any atom is 0.243 e. The number of amides is 1. The van der Waals surface area contributed by atoms with E-state index in [1.54, 1.807) is 18.2 Å². The van der Waals surface area contributed by atoms with E-state index in [1.165, 1.54) is 39.5 Å². The molecule has 28 heavy (non-hydrogen) atoms. The van der Waals surface area contributed by atoms with Gasteiger partial charge in [-0.2, -0.15) is 4.31 Å². The summed E-state index contributed by atoms with van der Waals surface area (Å²) in [6.45, 7) is 4.17. The van der Waals surface area contributed by atoms with Crippen molar-refractivity contribution in [2.45, 2.75) is 22.1 Å². The van der Waals surface area contributed by atoms with Crippen molar-refractivity contribution in [2.24, 2.45) is 5.92 Å². The SMILES string of the molecule is C=CCSc1nnc(NC(=O)[C@H]2CCCN(S(=O)(=O)c3ccc(Cl)cc3)C2)s1. The van der Waals surface area contributed by atoms with Gasteiger partial charge in [0, 0.05) is 23.9 Å². The van der Waals surface area contributed by atoms with Crippen molar-refractivity contribution in [2.75, 3.05) is 24.2 Å².